The van der Waals surface area contributed by atoms with Crippen molar-refractivity contribution in [2.45, 2.75) is 82.2 Å². The number of likely N-dealkylation sites (tertiary alicyclic amines) is 1. The van der Waals surface area contributed by atoms with Gasteiger partial charge in [-0.1, -0.05) is 12.8 Å². The summed E-state index contributed by atoms with van der Waals surface area (Å²) in [6.45, 7) is 5.37. The van der Waals surface area contributed by atoms with E-state index in [0.29, 0.717) is 24.2 Å². The Morgan fingerprint density at radius 1 is 1.05 bits per heavy atom. The lowest BCUT2D eigenvalue weighted by Crippen LogP contribution is -2.53. The minimum Gasteiger partial charge on any atom is -0.391 e. The van der Waals surface area contributed by atoms with Crippen LogP contribution in [0.1, 0.15) is 51.9 Å². The predicted molar refractivity (Wildman–Crippen MR) is 79.8 cm³/mol. The van der Waals surface area contributed by atoms with Gasteiger partial charge in [0.05, 0.1) is 12.2 Å². The Kier molecular flexibility index (Phi) is 4.97. The normalized spacial score (nSPS) is 41.1. The van der Waals surface area contributed by atoms with Crippen LogP contribution in [0, 0.1) is 0 Å². The molecule has 0 aromatic rings. The van der Waals surface area contributed by atoms with Crippen molar-refractivity contribution in [1.29, 1.82) is 0 Å². The number of ether oxygens (including phenoxy) is 1. The first-order valence-corrected chi connectivity index (χ1v) is 8.54. The average molecular weight is 282 g/mol. The predicted octanol–water partition coefficient (Wildman–Crippen LogP) is 1.52. The zero-order chi connectivity index (χ0) is 13.9. The van der Waals surface area contributed by atoms with Crippen molar-refractivity contribution in [3.63, 3.8) is 0 Å². The van der Waals surface area contributed by atoms with Crippen LogP contribution in [0.2, 0.25) is 0 Å². The van der Waals surface area contributed by atoms with Gasteiger partial charge in [-0.25, -0.2) is 0 Å². The molecule has 1 aliphatic carbocycles. The summed E-state index contributed by atoms with van der Waals surface area (Å²) in [5.74, 6) is 0. The summed E-state index contributed by atoms with van der Waals surface area (Å²) >= 11 is 0. The Balaban J connectivity index is 1.44. The van der Waals surface area contributed by atoms with E-state index in [9.17, 15) is 5.11 Å². The van der Waals surface area contributed by atoms with E-state index in [1.54, 1.807) is 0 Å². The first kappa shape index (κ1) is 14.8. The summed E-state index contributed by atoms with van der Waals surface area (Å²) in [7, 11) is 0. The van der Waals surface area contributed by atoms with Crippen LogP contribution in [0.4, 0.5) is 0 Å². The number of aliphatic hydroxyl groups is 1. The van der Waals surface area contributed by atoms with E-state index in [0.717, 1.165) is 32.5 Å². The highest BCUT2D eigenvalue weighted by Gasteiger charge is 2.33. The molecule has 0 radical (unpaired) electrons. The Bertz CT molecular complexity index is 305. The molecule has 4 unspecified atom stereocenters. The molecule has 0 bridgehead atoms. The molecule has 3 rings (SSSR count). The van der Waals surface area contributed by atoms with Crippen LogP contribution in [-0.4, -0.2) is 60.0 Å². The lowest BCUT2D eigenvalue weighted by atomic mass is 9.89. The molecule has 4 nitrogen and oxygen atoms in total. The van der Waals surface area contributed by atoms with E-state index < -0.39 is 0 Å². The third-order valence-corrected chi connectivity index (χ3v) is 5.52. The van der Waals surface area contributed by atoms with Crippen LogP contribution in [0.15, 0.2) is 0 Å². The fourth-order valence-electron chi connectivity index (χ4n) is 4.17. The molecule has 4 heteroatoms. The molecule has 0 spiro atoms. The quantitative estimate of drug-likeness (QED) is 0.824. The monoisotopic (exact) mass is 282 g/mol. The van der Waals surface area contributed by atoms with Crippen LogP contribution in [0.5, 0.6) is 0 Å². The fourth-order valence-corrected chi connectivity index (χ4v) is 4.17. The third-order valence-electron chi connectivity index (χ3n) is 5.52. The number of piperidine rings is 1. The highest BCUT2D eigenvalue weighted by Crippen LogP contribution is 2.26. The van der Waals surface area contributed by atoms with E-state index >= 15 is 0 Å². The molecule has 0 aromatic heterocycles. The minimum absolute atomic E-state index is 0.0866. The van der Waals surface area contributed by atoms with Crippen molar-refractivity contribution < 1.29 is 9.84 Å². The van der Waals surface area contributed by atoms with Gasteiger partial charge in [-0.2, -0.15) is 0 Å². The molecule has 2 saturated heterocycles. The SMILES string of the molecule is CC1OCCC1NC1CCN(C2CCCCC2O)CC1. The average Bonchev–Trinajstić information content (AvgIpc) is 2.86. The van der Waals surface area contributed by atoms with Crippen molar-refractivity contribution in [3.05, 3.63) is 0 Å². The maximum atomic E-state index is 10.2. The van der Waals surface area contributed by atoms with Crippen molar-refractivity contribution in [2.75, 3.05) is 19.7 Å². The van der Waals surface area contributed by atoms with Gasteiger partial charge in [0.2, 0.25) is 0 Å². The Hall–Kier alpha value is -0.160. The van der Waals surface area contributed by atoms with E-state index in [1.165, 1.54) is 32.1 Å². The number of nitrogens with one attached hydrogen (secondary N) is 1. The largest absolute Gasteiger partial charge is 0.391 e. The summed E-state index contributed by atoms with van der Waals surface area (Å²) in [4.78, 5) is 2.54. The van der Waals surface area contributed by atoms with Crippen molar-refractivity contribution in [1.82, 2.24) is 10.2 Å². The Morgan fingerprint density at radius 3 is 2.45 bits per heavy atom. The number of aliphatic hydroxyl groups excluding tert-OH is 1. The standard InChI is InChI=1S/C16H30N2O2/c1-12-14(8-11-20-12)17-13-6-9-18(10-7-13)15-4-2-3-5-16(15)19/h12-17,19H,2-11H2,1H3. The van der Waals surface area contributed by atoms with Crippen molar-refractivity contribution >= 4 is 0 Å². The maximum absolute atomic E-state index is 10.2. The number of hydrogen-bond acceptors (Lipinski definition) is 4. The van der Waals surface area contributed by atoms with Crippen LogP contribution < -0.4 is 5.32 Å². The van der Waals surface area contributed by atoms with E-state index in [4.69, 9.17) is 4.74 Å². The Labute approximate surface area is 122 Å². The molecular weight excluding hydrogens is 252 g/mol. The third kappa shape index (κ3) is 3.35. The fraction of sp³-hybridized carbons (Fsp3) is 1.00. The lowest BCUT2D eigenvalue weighted by molar-refractivity contribution is 0.00596. The summed E-state index contributed by atoms with van der Waals surface area (Å²) in [6, 6.07) is 1.62. The number of hydrogen-bond donors (Lipinski definition) is 2. The summed E-state index contributed by atoms with van der Waals surface area (Å²) in [5.41, 5.74) is 0. The van der Waals surface area contributed by atoms with Crippen LogP contribution in [-0.2, 0) is 4.74 Å². The molecule has 116 valence electrons. The molecule has 3 aliphatic rings. The van der Waals surface area contributed by atoms with Gasteiger partial charge < -0.3 is 15.2 Å². The topological polar surface area (TPSA) is 44.7 Å². The van der Waals surface area contributed by atoms with Gasteiger partial charge in [0.15, 0.2) is 0 Å². The highest BCUT2D eigenvalue weighted by atomic mass is 16.5. The van der Waals surface area contributed by atoms with Crippen LogP contribution >= 0.6 is 0 Å². The van der Waals surface area contributed by atoms with Gasteiger partial charge in [0.25, 0.3) is 0 Å². The number of nitrogens with zero attached hydrogens (tertiary/aromatic N) is 1. The van der Waals surface area contributed by atoms with E-state index in [-0.39, 0.29) is 6.10 Å². The number of rotatable bonds is 3. The molecule has 4 atom stereocenters. The summed E-state index contributed by atoms with van der Waals surface area (Å²) < 4.78 is 5.63. The zero-order valence-corrected chi connectivity index (χ0v) is 12.8. The molecule has 0 aromatic carbocycles. The Morgan fingerprint density at radius 2 is 1.80 bits per heavy atom. The molecule has 1 saturated carbocycles. The van der Waals surface area contributed by atoms with Gasteiger partial charge in [0, 0.05) is 37.8 Å². The maximum Gasteiger partial charge on any atom is 0.0700 e. The summed E-state index contributed by atoms with van der Waals surface area (Å²) in [5, 5.41) is 14.0. The highest BCUT2D eigenvalue weighted by molar-refractivity contribution is 4.90. The molecule has 2 heterocycles. The van der Waals surface area contributed by atoms with Gasteiger partial charge in [-0.15, -0.1) is 0 Å². The van der Waals surface area contributed by atoms with Gasteiger partial charge in [-0.05, 0) is 39.0 Å². The minimum atomic E-state index is -0.0866. The molecule has 2 aliphatic heterocycles. The van der Waals surface area contributed by atoms with Crippen molar-refractivity contribution in [3.8, 4) is 0 Å². The second-order valence-corrected chi connectivity index (χ2v) is 6.87. The van der Waals surface area contributed by atoms with Crippen LogP contribution in [0.3, 0.4) is 0 Å². The second kappa shape index (κ2) is 6.73. The lowest BCUT2D eigenvalue weighted by Gasteiger charge is -2.42. The van der Waals surface area contributed by atoms with Gasteiger partial charge >= 0.3 is 0 Å². The van der Waals surface area contributed by atoms with E-state index in [1.807, 2.05) is 0 Å². The molecule has 2 N–H and O–H groups in total. The van der Waals surface area contributed by atoms with E-state index in [2.05, 4.69) is 17.1 Å². The molecule has 20 heavy (non-hydrogen) atoms. The molecule has 0 amide bonds. The molecule has 3 fully saturated rings. The summed E-state index contributed by atoms with van der Waals surface area (Å²) in [6.07, 6.45) is 8.55. The zero-order valence-electron chi connectivity index (χ0n) is 12.8. The first-order chi connectivity index (χ1) is 9.74. The van der Waals surface area contributed by atoms with Gasteiger partial charge in [0.1, 0.15) is 0 Å². The second-order valence-electron chi connectivity index (χ2n) is 6.87. The van der Waals surface area contributed by atoms with Crippen molar-refractivity contribution in [2.24, 2.45) is 0 Å². The van der Waals surface area contributed by atoms with Crippen LogP contribution in [0.25, 0.3) is 0 Å². The smallest absolute Gasteiger partial charge is 0.0700 e. The molecular formula is C16H30N2O2. The first-order valence-electron chi connectivity index (χ1n) is 8.54. The van der Waals surface area contributed by atoms with Gasteiger partial charge in [-0.3, -0.25) is 4.90 Å².